The zero-order chi connectivity index (χ0) is 15.6. The van der Waals surface area contributed by atoms with Gasteiger partial charge in [-0.2, -0.15) is 0 Å². The Hall–Kier alpha value is -2.24. The highest BCUT2D eigenvalue weighted by molar-refractivity contribution is 5.98. The van der Waals surface area contributed by atoms with Gasteiger partial charge in [0.2, 0.25) is 0 Å². The van der Waals surface area contributed by atoms with Gasteiger partial charge in [0.15, 0.2) is 11.5 Å². The number of carboxylic acid groups (broad SMARTS) is 1. The van der Waals surface area contributed by atoms with E-state index in [1.54, 1.807) is 12.1 Å². The fourth-order valence-corrected chi connectivity index (χ4v) is 2.69. The van der Waals surface area contributed by atoms with E-state index in [-0.39, 0.29) is 29.5 Å². The Morgan fingerprint density at radius 2 is 2.14 bits per heavy atom. The number of ether oxygens (including phenoxy) is 1. The maximum atomic E-state index is 12.5. The topological polar surface area (TPSA) is 87.1 Å². The molecule has 0 spiro atoms. The van der Waals surface area contributed by atoms with Crippen molar-refractivity contribution in [3.8, 4) is 11.5 Å². The summed E-state index contributed by atoms with van der Waals surface area (Å²) < 4.78 is 4.98. The van der Waals surface area contributed by atoms with Gasteiger partial charge in [-0.05, 0) is 25.0 Å². The van der Waals surface area contributed by atoms with Crippen molar-refractivity contribution in [2.45, 2.75) is 19.8 Å². The number of rotatable bonds is 4. The van der Waals surface area contributed by atoms with Gasteiger partial charge in [-0.15, -0.1) is 0 Å². The summed E-state index contributed by atoms with van der Waals surface area (Å²) in [6, 6.07) is 4.68. The van der Waals surface area contributed by atoms with Crippen LogP contribution in [0.15, 0.2) is 18.2 Å². The highest BCUT2D eigenvalue weighted by Gasteiger charge is 2.45. The first-order valence-electron chi connectivity index (χ1n) is 6.84. The average Bonchev–Trinajstić information content (AvgIpc) is 2.92. The minimum atomic E-state index is -0.885. The maximum Gasteiger partial charge on any atom is 0.311 e. The lowest BCUT2D eigenvalue weighted by Gasteiger charge is -2.23. The van der Waals surface area contributed by atoms with Crippen LogP contribution in [-0.2, 0) is 4.79 Å². The Morgan fingerprint density at radius 3 is 2.67 bits per heavy atom. The number of carbonyl (C=O) groups is 2. The number of aromatic hydroxyl groups is 1. The molecule has 1 atom stereocenters. The van der Waals surface area contributed by atoms with Crippen LogP contribution >= 0.6 is 0 Å². The SMILES string of the molecule is CCC1(C(=O)O)CCN(C(=O)c2cccc(OC)c2O)C1. The lowest BCUT2D eigenvalue weighted by atomic mass is 9.84. The van der Waals surface area contributed by atoms with E-state index in [4.69, 9.17) is 4.74 Å². The molecule has 21 heavy (non-hydrogen) atoms. The molecule has 1 heterocycles. The van der Waals surface area contributed by atoms with Gasteiger partial charge < -0.3 is 19.8 Å². The minimum Gasteiger partial charge on any atom is -0.504 e. The first kappa shape index (κ1) is 15.2. The molecule has 0 aromatic heterocycles. The number of benzene rings is 1. The van der Waals surface area contributed by atoms with E-state index in [2.05, 4.69) is 0 Å². The molecule has 1 fully saturated rings. The second-order valence-electron chi connectivity index (χ2n) is 5.27. The van der Waals surface area contributed by atoms with Crippen molar-refractivity contribution < 1.29 is 24.5 Å². The van der Waals surface area contributed by atoms with Crippen molar-refractivity contribution in [1.29, 1.82) is 0 Å². The number of para-hydroxylation sites is 1. The molecule has 114 valence electrons. The molecular formula is C15H19NO5. The molecule has 1 aromatic rings. The molecule has 1 saturated heterocycles. The first-order valence-corrected chi connectivity index (χ1v) is 6.84. The molecule has 6 heteroatoms. The van der Waals surface area contributed by atoms with Crippen LogP contribution in [0.1, 0.15) is 30.1 Å². The van der Waals surface area contributed by atoms with Crippen LogP contribution in [0.2, 0.25) is 0 Å². The molecule has 6 nitrogen and oxygen atoms in total. The van der Waals surface area contributed by atoms with Crippen molar-refractivity contribution in [3.63, 3.8) is 0 Å². The highest BCUT2D eigenvalue weighted by Crippen LogP contribution is 2.37. The van der Waals surface area contributed by atoms with Crippen molar-refractivity contribution in [2.75, 3.05) is 20.2 Å². The number of aliphatic carboxylic acids is 1. The van der Waals surface area contributed by atoms with E-state index in [1.807, 2.05) is 6.92 Å². The average molecular weight is 293 g/mol. The van der Waals surface area contributed by atoms with Crippen LogP contribution < -0.4 is 4.74 Å². The van der Waals surface area contributed by atoms with Crippen LogP contribution in [0.3, 0.4) is 0 Å². The monoisotopic (exact) mass is 293 g/mol. The predicted molar refractivity (Wildman–Crippen MR) is 75.5 cm³/mol. The number of hydrogen-bond donors (Lipinski definition) is 2. The summed E-state index contributed by atoms with van der Waals surface area (Å²) in [5.74, 6) is -1.24. The van der Waals surface area contributed by atoms with Gasteiger partial charge in [0.1, 0.15) is 0 Å². The summed E-state index contributed by atoms with van der Waals surface area (Å²) >= 11 is 0. The van der Waals surface area contributed by atoms with Gasteiger partial charge in [0.05, 0.1) is 18.1 Å². The number of carbonyl (C=O) groups excluding carboxylic acids is 1. The number of amides is 1. The summed E-state index contributed by atoms with van der Waals surface area (Å²) in [7, 11) is 1.41. The summed E-state index contributed by atoms with van der Waals surface area (Å²) in [4.78, 5) is 25.4. The van der Waals surface area contributed by atoms with Gasteiger partial charge in [0, 0.05) is 13.1 Å². The normalized spacial score (nSPS) is 21.3. The summed E-state index contributed by atoms with van der Waals surface area (Å²) in [5.41, 5.74) is -0.754. The van der Waals surface area contributed by atoms with Gasteiger partial charge in [-0.25, -0.2) is 0 Å². The molecule has 0 radical (unpaired) electrons. The standard InChI is InChI=1S/C15H19NO5/c1-3-15(14(19)20)7-8-16(9-15)13(18)10-5-4-6-11(21-2)12(10)17/h4-6,17H,3,7-9H2,1-2H3,(H,19,20). The molecule has 2 N–H and O–H groups in total. The van der Waals surface area contributed by atoms with E-state index in [0.29, 0.717) is 19.4 Å². The fourth-order valence-electron chi connectivity index (χ4n) is 2.69. The van der Waals surface area contributed by atoms with E-state index in [9.17, 15) is 19.8 Å². The molecular weight excluding hydrogens is 274 g/mol. The van der Waals surface area contributed by atoms with Gasteiger partial charge in [-0.1, -0.05) is 13.0 Å². The zero-order valence-corrected chi connectivity index (χ0v) is 12.1. The highest BCUT2D eigenvalue weighted by atomic mass is 16.5. The van der Waals surface area contributed by atoms with Crippen molar-refractivity contribution in [3.05, 3.63) is 23.8 Å². The third-order valence-corrected chi connectivity index (χ3v) is 4.22. The number of hydrogen-bond acceptors (Lipinski definition) is 4. The van der Waals surface area contributed by atoms with Crippen LogP contribution in [0.4, 0.5) is 0 Å². The van der Waals surface area contributed by atoms with E-state index >= 15 is 0 Å². The Kier molecular flexibility index (Phi) is 4.06. The second kappa shape index (κ2) is 5.63. The molecule has 0 bridgehead atoms. The van der Waals surface area contributed by atoms with E-state index < -0.39 is 11.4 Å². The Balaban J connectivity index is 2.25. The Bertz CT molecular complexity index is 571. The minimum absolute atomic E-state index is 0.131. The fraction of sp³-hybridized carbons (Fsp3) is 0.467. The van der Waals surface area contributed by atoms with Crippen LogP contribution in [0.25, 0.3) is 0 Å². The summed E-state index contributed by atoms with van der Waals surface area (Å²) in [5, 5.41) is 19.4. The van der Waals surface area contributed by atoms with Gasteiger partial charge in [-0.3, -0.25) is 9.59 Å². The summed E-state index contributed by atoms with van der Waals surface area (Å²) in [6.07, 6.45) is 0.894. The molecule has 1 aliphatic heterocycles. The third-order valence-electron chi connectivity index (χ3n) is 4.22. The van der Waals surface area contributed by atoms with E-state index in [1.165, 1.54) is 18.1 Å². The van der Waals surface area contributed by atoms with E-state index in [0.717, 1.165) is 0 Å². The molecule has 1 unspecified atom stereocenters. The molecule has 0 aliphatic carbocycles. The number of phenols is 1. The smallest absolute Gasteiger partial charge is 0.311 e. The molecule has 2 rings (SSSR count). The number of nitrogens with zero attached hydrogens (tertiary/aromatic N) is 1. The Morgan fingerprint density at radius 1 is 1.43 bits per heavy atom. The largest absolute Gasteiger partial charge is 0.504 e. The molecule has 0 saturated carbocycles. The zero-order valence-electron chi connectivity index (χ0n) is 12.1. The van der Waals surface area contributed by atoms with Crippen LogP contribution in [0, 0.1) is 5.41 Å². The lowest BCUT2D eigenvalue weighted by molar-refractivity contribution is -0.148. The third kappa shape index (κ3) is 2.53. The van der Waals surface area contributed by atoms with Gasteiger partial charge in [0.25, 0.3) is 5.91 Å². The Labute approximate surface area is 122 Å². The van der Waals surface area contributed by atoms with Crippen molar-refractivity contribution in [1.82, 2.24) is 4.90 Å². The maximum absolute atomic E-state index is 12.5. The van der Waals surface area contributed by atoms with Crippen LogP contribution in [-0.4, -0.2) is 47.2 Å². The number of methoxy groups -OCH3 is 1. The predicted octanol–water partition coefficient (Wildman–Crippen LogP) is 1.73. The second-order valence-corrected chi connectivity index (χ2v) is 5.27. The molecule has 1 aliphatic rings. The molecule has 1 amide bonds. The first-order chi connectivity index (χ1) is 9.95. The van der Waals surface area contributed by atoms with Crippen LogP contribution in [0.5, 0.6) is 11.5 Å². The quantitative estimate of drug-likeness (QED) is 0.882. The summed E-state index contributed by atoms with van der Waals surface area (Å²) in [6.45, 7) is 2.34. The number of phenolic OH excluding ortho intramolecular Hbond substituents is 1. The number of carboxylic acids is 1. The van der Waals surface area contributed by atoms with Crippen molar-refractivity contribution in [2.24, 2.45) is 5.41 Å². The van der Waals surface area contributed by atoms with Gasteiger partial charge >= 0.3 is 5.97 Å². The van der Waals surface area contributed by atoms with Crippen molar-refractivity contribution >= 4 is 11.9 Å². The number of likely N-dealkylation sites (tertiary alicyclic amines) is 1. The lowest BCUT2D eigenvalue weighted by Crippen LogP contribution is -2.36. The molecule has 1 aromatic carbocycles.